The molecule has 0 saturated heterocycles. The highest BCUT2D eigenvalue weighted by Crippen LogP contribution is 2.45. The van der Waals surface area contributed by atoms with E-state index in [0.29, 0.717) is 10.6 Å². The minimum absolute atomic E-state index is 0.370. The summed E-state index contributed by atoms with van der Waals surface area (Å²) in [6.07, 6.45) is 3.13. The van der Waals surface area contributed by atoms with Crippen molar-refractivity contribution < 1.29 is 9.53 Å². The van der Waals surface area contributed by atoms with Gasteiger partial charge in [-0.05, 0) is 57.0 Å². The molecule has 0 aromatic carbocycles. The lowest BCUT2D eigenvalue weighted by molar-refractivity contribution is 0.00764. The Morgan fingerprint density at radius 3 is 2.80 bits per heavy atom. The van der Waals surface area contributed by atoms with Gasteiger partial charge in [0.25, 0.3) is 0 Å². The molecule has 2 N–H and O–H groups in total. The molecule has 25 heavy (non-hydrogen) atoms. The van der Waals surface area contributed by atoms with Gasteiger partial charge in [-0.25, -0.2) is 9.78 Å². The van der Waals surface area contributed by atoms with Crippen LogP contribution in [0.4, 0.5) is 5.69 Å². The number of ether oxygens (including phenoxy) is 1. The van der Waals surface area contributed by atoms with Gasteiger partial charge >= 0.3 is 5.97 Å². The van der Waals surface area contributed by atoms with Gasteiger partial charge < -0.3 is 10.5 Å². The van der Waals surface area contributed by atoms with Gasteiger partial charge in [-0.15, -0.1) is 22.7 Å². The maximum absolute atomic E-state index is 12.6. The number of nitrogens with two attached hydrogens (primary N) is 1. The van der Waals surface area contributed by atoms with Crippen LogP contribution in [-0.4, -0.2) is 16.6 Å². The van der Waals surface area contributed by atoms with Crippen molar-refractivity contribution in [3.63, 3.8) is 0 Å². The van der Waals surface area contributed by atoms with Gasteiger partial charge in [-0.2, -0.15) is 0 Å². The summed E-state index contributed by atoms with van der Waals surface area (Å²) in [4.78, 5) is 19.9. The van der Waals surface area contributed by atoms with Crippen LogP contribution in [-0.2, 0) is 17.6 Å². The van der Waals surface area contributed by atoms with Gasteiger partial charge in [0.2, 0.25) is 0 Å². The van der Waals surface area contributed by atoms with Gasteiger partial charge in [0.15, 0.2) is 0 Å². The molecule has 0 unspecified atom stereocenters. The Kier molecular flexibility index (Phi) is 3.85. The average Bonchev–Trinajstić information content (AvgIpc) is 3.23. The maximum atomic E-state index is 12.6. The van der Waals surface area contributed by atoms with Crippen molar-refractivity contribution in [1.29, 1.82) is 0 Å². The summed E-state index contributed by atoms with van der Waals surface area (Å²) in [5, 5.41) is 2.98. The Morgan fingerprint density at radius 1 is 1.32 bits per heavy atom. The quantitative estimate of drug-likeness (QED) is 0.639. The number of anilines is 1. The van der Waals surface area contributed by atoms with Crippen molar-refractivity contribution in [3.8, 4) is 10.4 Å². The number of thiophene rings is 2. The average molecular weight is 373 g/mol. The molecule has 0 amide bonds. The van der Waals surface area contributed by atoms with E-state index in [9.17, 15) is 4.79 Å². The molecule has 1 aliphatic rings. The van der Waals surface area contributed by atoms with Gasteiger partial charge in [0.1, 0.15) is 15.3 Å². The lowest BCUT2D eigenvalue weighted by Gasteiger charge is -2.19. The molecule has 3 aromatic rings. The van der Waals surface area contributed by atoms with Gasteiger partial charge in [-0.1, -0.05) is 6.07 Å². The lowest BCUT2D eigenvalue weighted by Crippen LogP contribution is -2.23. The van der Waals surface area contributed by atoms with E-state index >= 15 is 0 Å². The Labute approximate surface area is 154 Å². The van der Waals surface area contributed by atoms with E-state index in [4.69, 9.17) is 15.5 Å². The zero-order valence-corrected chi connectivity index (χ0v) is 16.1. The van der Waals surface area contributed by atoms with Crippen LogP contribution in [0.2, 0.25) is 0 Å². The van der Waals surface area contributed by atoms with Crippen LogP contribution < -0.4 is 5.73 Å². The number of fused-ring (bicyclic) bond motifs is 2. The monoisotopic (exact) mass is 372 g/mol. The molecule has 0 fully saturated rings. The predicted molar refractivity (Wildman–Crippen MR) is 105 cm³/mol. The first-order valence-corrected chi connectivity index (χ1v) is 10.1. The fourth-order valence-corrected chi connectivity index (χ4v) is 5.12. The van der Waals surface area contributed by atoms with E-state index < -0.39 is 5.60 Å². The molecular weight excluding hydrogens is 352 g/mol. The lowest BCUT2D eigenvalue weighted by atomic mass is 10.0. The van der Waals surface area contributed by atoms with Crippen molar-refractivity contribution in [1.82, 2.24) is 4.98 Å². The molecule has 4 nitrogen and oxygen atoms in total. The van der Waals surface area contributed by atoms with Gasteiger partial charge in [-0.3, -0.25) is 0 Å². The molecule has 4 rings (SSSR count). The second-order valence-electron chi connectivity index (χ2n) is 7.27. The highest BCUT2D eigenvalue weighted by atomic mass is 32.1. The second kappa shape index (κ2) is 5.81. The molecule has 0 radical (unpaired) electrons. The molecule has 1 aliphatic carbocycles. The Morgan fingerprint density at radius 2 is 2.12 bits per heavy atom. The first-order chi connectivity index (χ1) is 11.8. The van der Waals surface area contributed by atoms with E-state index in [0.717, 1.165) is 40.7 Å². The highest BCUT2D eigenvalue weighted by Gasteiger charge is 2.28. The summed E-state index contributed by atoms with van der Waals surface area (Å²) in [5.74, 6) is -0.370. The maximum Gasteiger partial charge on any atom is 0.351 e. The van der Waals surface area contributed by atoms with Crippen LogP contribution in [0.15, 0.2) is 17.5 Å². The largest absolute Gasteiger partial charge is 0.456 e. The molecule has 0 saturated carbocycles. The molecule has 0 bridgehead atoms. The first-order valence-electron chi connectivity index (χ1n) is 8.36. The van der Waals surface area contributed by atoms with Crippen molar-refractivity contribution in [2.45, 2.75) is 45.6 Å². The predicted octanol–water partition coefficient (Wildman–Crippen LogP) is 5.05. The smallest absolute Gasteiger partial charge is 0.351 e. The second-order valence-corrected chi connectivity index (χ2v) is 9.22. The number of hydrogen-bond donors (Lipinski definition) is 1. The summed E-state index contributed by atoms with van der Waals surface area (Å²) < 4.78 is 5.53. The fourth-order valence-electron chi connectivity index (χ4n) is 3.31. The zero-order valence-electron chi connectivity index (χ0n) is 14.5. The molecule has 0 atom stereocenters. The van der Waals surface area contributed by atoms with E-state index in [1.807, 2.05) is 26.8 Å². The molecular formula is C19H20N2O2S2. The molecule has 0 spiro atoms. The van der Waals surface area contributed by atoms with Crippen LogP contribution in [0, 0.1) is 0 Å². The van der Waals surface area contributed by atoms with Crippen molar-refractivity contribution >= 4 is 44.5 Å². The van der Waals surface area contributed by atoms with Crippen molar-refractivity contribution in [2.24, 2.45) is 0 Å². The Hall–Kier alpha value is -1.92. The molecule has 6 heteroatoms. The molecule has 0 aliphatic heterocycles. The summed E-state index contributed by atoms with van der Waals surface area (Å²) in [6.45, 7) is 5.58. The minimum Gasteiger partial charge on any atom is -0.456 e. The number of carbonyl (C=O) groups is 1. The SMILES string of the molecule is CC(C)(C)OC(=O)c1sc2nc3c(c(-c4cccs4)c2c1N)CCC3. The summed E-state index contributed by atoms with van der Waals surface area (Å²) in [5.41, 5.74) is 9.98. The van der Waals surface area contributed by atoms with Crippen LogP contribution in [0.25, 0.3) is 20.7 Å². The van der Waals surface area contributed by atoms with Gasteiger partial charge in [0, 0.05) is 21.5 Å². The van der Waals surface area contributed by atoms with E-state index in [1.54, 1.807) is 11.3 Å². The number of nitrogens with zero attached hydrogens (tertiary/aromatic N) is 1. The van der Waals surface area contributed by atoms with E-state index in [2.05, 4.69) is 11.4 Å². The minimum atomic E-state index is -0.550. The zero-order chi connectivity index (χ0) is 17.8. The number of rotatable bonds is 2. The van der Waals surface area contributed by atoms with Crippen molar-refractivity contribution in [3.05, 3.63) is 33.6 Å². The fraction of sp³-hybridized carbons (Fsp3) is 0.368. The van der Waals surface area contributed by atoms with E-state index in [-0.39, 0.29) is 5.97 Å². The van der Waals surface area contributed by atoms with Gasteiger partial charge in [0.05, 0.1) is 5.69 Å². The Balaban J connectivity index is 1.95. The molecule has 3 heterocycles. The third-order valence-electron chi connectivity index (χ3n) is 4.26. The number of aromatic nitrogens is 1. The Bertz CT molecular complexity index is 966. The summed E-state index contributed by atoms with van der Waals surface area (Å²) >= 11 is 3.04. The number of carbonyl (C=O) groups excluding carboxylic acids is 1. The third-order valence-corrected chi connectivity index (χ3v) is 6.22. The number of hydrogen-bond acceptors (Lipinski definition) is 6. The number of nitrogen functional groups attached to an aromatic ring is 1. The normalized spacial score (nSPS) is 14.0. The standard InChI is InChI=1S/C19H20N2O2S2/c1-19(2,3)23-18(22)16-15(20)14-13(12-8-5-9-24-12)10-6-4-7-11(10)21-17(14)25-16/h5,8-9H,4,6-7,20H2,1-3H3. The van der Waals surface area contributed by atoms with Crippen LogP contribution >= 0.6 is 22.7 Å². The number of pyridine rings is 1. The molecule has 130 valence electrons. The topological polar surface area (TPSA) is 65.2 Å². The van der Waals surface area contributed by atoms with Crippen LogP contribution in [0.3, 0.4) is 0 Å². The van der Waals surface area contributed by atoms with Crippen molar-refractivity contribution in [2.75, 3.05) is 5.73 Å². The first kappa shape index (κ1) is 16.5. The van der Waals surface area contributed by atoms with Crippen LogP contribution in [0.1, 0.15) is 48.1 Å². The highest BCUT2D eigenvalue weighted by molar-refractivity contribution is 7.21. The summed E-state index contributed by atoms with van der Waals surface area (Å²) in [6, 6.07) is 4.16. The van der Waals surface area contributed by atoms with Crippen LogP contribution in [0.5, 0.6) is 0 Å². The number of esters is 1. The third kappa shape index (κ3) is 2.83. The molecule has 3 aromatic heterocycles. The van der Waals surface area contributed by atoms with E-state index in [1.165, 1.54) is 21.8 Å². The summed E-state index contributed by atoms with van der Waals surface area (Å²) in [7, 11) is 0. The number of aryl methyl sites for hydroxylation is 1.